The molecule has 4 nitrogen and oxygen atoms in total. The van der Waals surface area contributed by atoms with Crippen LogP contribution < -0.4 is 0 Å². The summed E-state index contributed by atoms with van der Waals surface area (Å²) in [4.78, 5) is 16.6. The van der Waals surface area contributed by atoms with Gasteiger partial charge in [-0.15, -0.1) is 0 Å². The van der Waals surface area contributed by atoms with E-state index < -0.39 is 5.60 Å². The van der Waals surface area contributed by atoms with Crippen molar-refractivity contribution in [2.24, 2.45) is 0 Å². The van der Waals surface area contributed by atoms with E-state index >= 15 is 0 Å². The molecule has 2 fully saturated rings. The number of allylic oxidation sites excluding steroid dienone is 1. The molecule has 5 heteroatoms. The number of rotatable bonds is 2. The van der Waals surface area contributed by atoms with Crippen molar-refractivity contribution in [3.8, 4) is 0 Å². The maximum atomic E-state index is 12.2. The summed E-state index contributed by atoms with van der Waals surface area (Å²) >= 11 is 6.28. The number of carbonyl (C=O) groups is 1. The van der Waals surface area contributed by atoms with Gasteiger partial charge in [-0.05, 0) is 58.1 Å². The van der Waals surface area contributed by atoms with Gasteiger partial charge in [-0.3, -0.25) is 4.90 Å². The van der Waals surface area contributed by atoms with Gasteiger partial charge >= 0.3 is 6.09 Å². The Morgan fingerprint density at radius 3 is 2.33 bits per heavy atom. The summed E-state index contributed by atoms with van der Waals surface area (Å²) in [5.41, 5.74) is 2.19. The van der Waals surface area contributed by atoms with E-state index in [1.54, 1.807) is 0 Å². The number of piperazine rings is 1. The summed E-state index contributed by atoms with van der Waals surface area (Å²) in [6, 6.07) is 8.65. The Balaban J connectivity index is 1.47. The summed E-state index contributed by atoms with van der Waals surface area (Å²) in [5, 5.41) is 0.824. The summed E-state index contributed by atoms with van der Waals surface area (Å²) in [5.74, 6) is 0. The highest BCUT2D eigenvalue weighted by Crippen LogP contribution is 2.30. The minimum absolute atomic E-state index is 0.184. The second kappa shape index (κ2) is 8.66. The number of ether oxygens (including phenoxy) is 1. The van der Waals surface area contributed by atoms with Crippen molar-refractivity contribution in [3.05, 3.63) is 40.4 Å². The quantitative estimate of drug-likeness (QED) is 0.694. The highest BCUT2D eigenvalue weighted by Gasteiger charge is 2.30. The van der Waals surface area contributed by atoms with Crippen LogP contribution >= 0.6 is 11.6 Å². The Hall–Kier alpha value is -1.52. The molecule has 148 valence electrons. The van der Waals surface area contributed by atoms with Gasteiger partial charge < -0.3 is 9.64 Å². The van der Waals surface area contributed by atoms with Gasteiger partial charge in [0.15, 0.2) is 0 Å². The number of hydrogen-bond donors (Lipinski definition) is 0. The van der Waals surface area contributed by atoms with Crippen LogP contribution in [0.25, 0.3) is 6.08 Å². The van der Waals surface area contributed by atoms with Crippen molar-refractivity contribution in [2.75, 3.05) is 26.2 Å². The first-order valence-electron chi connectivity index (χ1n) is 9.98. The lowest BCUT2D eigenvalue weighted by Gasteiger charge is -2.41. The topological polar surface area (TPSA) is 32.8 Å². The Bertz CT molecular complexity index is 678. The lowest BCUT2D eigenvalue weighted by molar-refractivity contribution is 0.00890. The fraction of sp³-hybridized carbons (Fsp3) is 0.591. The summed E-state index contributed by atoms with van der Waals surface area (Å²) in [6.45, 7) is 9.13. The van der Waals surface area contributed by atoms with Gasteiger partial charge in [0, 0.05) is 37.2 Å². The van der Waals surface area contributed by atoms with Crippen LogP contribution in [-0.4, -0.2) is 53.7 Å². The van der Waals surface area contributed by atoms with Crippen LogP contribution in [-0.2, 0) is 4.74 Å². The van der Waals surface area contributed by atoms with E-state index in [1.807, 2.05) is 43.9 Å². The first kappa shape index (κ1) is 20.2. The standard InChI is InChI=1S/C22H31ClN2O2/c1-22(2,3)27-21(26)25-14-12-24(13-15-25)19-10-8-17(9-11-19)16-18-6-4-5-7-20(18)23/h4-7,16,19H,8-15H2,1-3H3. The molecule has 1 aromatic carbocycles. The fourth-order valence-electron chi connectivity index (χ4n) is 3.89. The van der Waals surface area contributed by atoms with E-state index in [1.165, 1.54) is 18.4 Å². The third-order valence-electron chi connectivity index (χ3n) is 5.34. The van der Waals surface area contributed by atoms with Crippen molar-refractivity contribution in [2.45, 2.75) is 58.1 Å². The van der Waals surface area contributed by atoms with Crippen LogP contribution in [0.2, 0.25) is 5.02 Å². The number of benzene rings is 1. The Morgan fingerprint density at radius 2 is 1.74 bits per heavy atom. The molecule has 0 N–H and O–H groups in total. The molecule has 1 saturated carbocycles. The van der Waals surface area contributed by atoms with E-state index in [0.29, 0.717) is 6.04 Å². The van der Waals surface area contributed by atoms with E-state index in [0.717, 1.165) is 49.6 Å². The largest absolute Gasteiger partial charge is 0.444 e. The zero-order valence-electron chi connectivity index (χ0n) is 16.7. The van der Waals surface area contributed by atoms with Crippen molar-refractivity contribution in [1.82, 2.24) is 9.80 Å². The normalized spacial score (nSPS) is 21.9. The first-order valence-corrected chi connectivity index (χ1v) is 10.4. The van der Waals surface area contributed by atoms with Crippen LogP contribution in [0.3, 0.4) is 0 Å². The molecule has 1 aliphatic heterocycles. The Kier molecular flexibility index (Phi) is 6.48. The fourth-order valence-corrected chi connectivity index (χ4v) is 4.08. The lowest BCUT2D eigenvalue weighted by Crippen LogP contribution is -2.53. The molecule has 1 aromatic rings. The van der Waals surface area contributed by atoms with Crippen molar-refractivity contribution >= 4 is 23.8 Å². The molecular formula is C22H31ClN2O2. The molecule has 1 heterocycles. The smallest absolute Gasteiger partial charge is 0.410 e. The van der Waals surface area contributed by atoms with E-state index in [4.69, 9.17) is 16.3 Å². The van der Waals surface area contributed by atoms with Crippen molar-refractivity contribution in [3.63, 3.8) is 0 Å². The van der Waals surface area contributed by atoms with Gasteiger partial charge in [0.2, 0.25) is 0 Å². The molecule has 3 rings (SSSR count). The molecule has 0 spiro atoms. The number of halogens is 1. The van der Waals surface area contributed by atoms with Gasteiger partial charge in [0.05, 0.1) is 0 Å². The third-order valence-corrected chi connectivity index (χ3v) is 5.69. The van der Waals surface area contributed by atoms with Crippen LogP contribution in [0.4, 0.5) is 4.79 Å². The second-order valence-electron chi connectivity index (χ2n) is 8.56. The molecule has 1 aliphatic carbocycles. The lowest BCUT2D eigenvalue weighted by atomic mass is 9.88. The number of carbonyl (C=O) groups excluding carboxylic acids is 1. The van der Waals surface area contributed by atoms with Crippen LogP contribution in [0, 0.1) is 0 Å². The van der Waals surface area contributed by atoms with Crippen molar-refractivity contribution in [1.29, 1.82) is 0 Å². The van der Waals surface area contributed by atoms with Gasteiger partial charge in [0.1, 0.15) is 5.60 Å². The average molecular weight is 391 g/mol. The Labute approximate surface area is 168 Å². The summed E-state index contributed by atoms with van der Waals surface area (Å²) in [7, 11) is 0. The van der Waals surface area contributed by atoms with Gasteiger partial charge in [-0.2, -0.15) is 0 Å². The molecule has 0 aromatic heterocycles. The minimum Gasteiger partial charge on any atom is -0.444 e. The highest BCUT2D eigenvalue weighted by atomic mass is 35.5. The van der Waals surface area contributed by atoms with E-state index in [2.05, 4.69) is 17.0 Å². The van der Waals surface area contributed by atoms with Crippen LogP contribution in [0.15, 0.2) is 29.8 Å². The Morgan fingerprint density at radius 1 is 1.11 bits per heavy atom. The highest BCUT2D eigenvalue weighted by molar-refractivity contribution is 6.32. The summed E-state index contributed by atoms with van der Waals surface area (Å²) < 4.78 is 5.49. The van der Waals surface area contributed by atoms with Crippen LogP contribution in [0.5, 0.6) is 0 Å². The molecule has 0 radical (unpaired) electrons. The molecule has 0 bridgehead atoms. The molecular weight excluding hydrogens is 360 g/mol. The molecule has 27 heavy (non-hydrogen) atoms. The van der Waals surface area contributed by atoms with Crippen molar-refractivity contribution < 1.29 is 9.53 Å². The SMILES string of the molecule is CC(C)(C)OC(=O)N1CCN(C2CCC(=Cc3ccccc3Cl)CC2)CC1. The summed E-state index contributed by atoms with van der Waals surface area (Å²) in [6.07, 6.45) is 6.70. The van der Waals surface area contributed by atoms with E-state index in [9.17, 15) is 4.79 Å². The van der Waals surface area contributed by atoms with Gasteiger partial charge in [0.25, 0.3) is 0 Å². The molecule has 1 amide bonds. The molecule has 0 atom stereocenters. The minimum atomic E-state index is -0.429. The maximum Gasteiger partial charge on any atom is 0.410 e. The third kappa shape index (κ3) is 5.73. The predicted octanol–water partition coefficient (Wildman–Crippen LogP) is 5.22. The van der Waals surface area contributed by atoms with Gasteiger partial charge in [-0.1, -0.05) is 41.4 Å². The first-order chi connectivity index (χ1) is 12.8. The zero-order chi connectivity index (χ0) is 19.4. The maximum absolute atomic E-state index is 12.2. The van der Waals surface area contributed by atoms with Gasteiger partial charge in [-0.25, -0.2) is 4.79 Å². The molecule has 1 saturated heterocycles. The number of hydrogen-bond acceptors (Lipinski definition) is 3. The second-order valence-corrected chi connectivity index (χ2v) is 8.97. The van der Waals surface area contributed by atoms with E-state index in [-0.39, 0.29) is 6.09 Å². The molecule has 2 aliphatic rings. The molecule has 0 unspecified atom stereocenters. The monoisotopic (exact) mass is 390 g/mol. The zero-order valence-corrected chi connectivity index (χ0v) is 17.5. The predicted molar refractivity (Wildman–Crippen MR) is 111 cm³/mol. The number of amides is 1. The number of nitrogens with zero attached hydrogens (tertiary/aromatic N) is 2. The van der Waals surface area contributed by atoms with Crippen LogP contribution in [0.1, 0.15) is 52.0 Å². The average Bonchev–Trinajstić information content (AvgIpc) is 2.63.